The number of hydrogen-bond acceptors (Lipinski definition) is 3. The molecule has 100 valence electrons. The molecule has 1 unspecified atom stereocenters. The molecule has 5 heteroatoms. The van der Waals surface area contributed by atoms with E-state index in [0.29, 0.717) is 17.0 Å². The lowest BCUT2D eigenvalue weighted by molar-refractivity contribution is 0.0931. The fraction of sp³-hybridized carbons (Fsp3) is 0.769. The van der Waals surface area contributed by atoms with Crippen LogP contribution in [0.5, 0.6) is 0 Å². The number of amides is 1. The molecule has 1 saturated carbocycles. The van der Waals surface area contributed by atoms with Gasteiger partial charge < -0.3 is 5.32 Å². The van der Waals surface area contributed by atoms with Crippen molar-refractivity contribution in [2.24, 2.45) is 18.4 Å². The van der Waals surface area contributed by atoms with E-state index in [2.05, 4.69) is 29.5 Å². The lowest BCUT2D eigenvalue weighted by atomic mass is 9.82. The van der Waals surface area contributed by atoms with E-state index in [0.717, 1.165) is 12.2 Å². The van der Waals surface area contributed by atoms with Gasteiger partial charge in [0.2, 0.25) is 0 Å². The van der Waals surface area contributed by atoms with Crippen molar-refractivity contribution in [2.75, 3.05) is 6.54 Å². The number of aryl methyl sites for hydroxylation is 1. The standard InChI is InChI=1S/C13H22N4O/c1-9-11(15-16-17(9)4)12(18)14-8-10-6-5-7-13(10,2)3/h10H,5-8H2,1-4H3,(H,14,18). The average molecular weight is 250 g/mol. The van der Waals surface area contributed by atoms with E-state index in [1.54, 1.807) is 11.7 Å². The third kappa shape index (κ3) is 2.40. The van der Waals surface area contributed by atoms with Crippen LogP contribution in [0, 0.1) is 18.3 Å². The van der Waals surface area contributed by atoms with Crippen molar-refractivity contribution < 1.29 is 4.79 Å². The van der Waals surface area contributed by atoms with E-state index in [-0.39, 0.29) is 5.91 Å². The fourth-order valence-corrected chi connectivity index (χ4v) is 2.69. The quantitative estimate of drug-likeness (QED) is 0.888. The molecule has 1 fully saturated rings. The number of hydrogen-bond donors (Lipinski definition) is 1. The lowest BCUT2D eigenvalue weighted by Crippen LogP contribution is -2.34. The zero-order chi connectivity index (χ0) is 13.3. The summed E-state index contributed by atoms with van der Waals surface area (Å²) in [7, 11) is 1.79. The van der Waals surface area contributed by atoms with Gasteiger partial charge in [0.05, 0.1) is 5.69 Å². The highest BCUT2D eigenvalue weighted by Gasteiger charge is 2.34. The highest BCUT2D eigenvalue weighted by molar-refractivity contribution is 5.93. The molecular weight excluding hydrogens is 228 g/mol. The molecule has 0 spiro atoms. The molecule has 1 aromatic heterocycles. The predicted octanol–water partition coefficient (Wildman–Crippen LogP) is 1.68. The zero-order valence-corrected chi connectivity index (χ0v) is 11.7. The second kappa shape index (κ2) is 4.71. The van der Waals surface area contributed by atoms with Crippen LogP contribution >= 0.6 is 0 Å². The Kier molecular flexibility index (Phi) is 3.41. The molecule has 5 nitrogen and oxygen atoms in total. The Hall–Kier alpha value is -1.39. The van der Waals surface area contributed by atoms with Crippen molar-refractivity contribution in [3.8, 4) is 0 Å². The molecule has 1 heterocycles. The minimum Gasteiger partial charge on any atom is -0.350 e. The second-order valence-corrected chi connectivity index (χ2v) is 5.93. The summed E-state index contributed by atoms with van der Waals surface area (Å²) in [6.07, 6.45) is 3.71. The number of nitrogens with zero attached hydrogens (tertiary/aromatic N) is 3. The van der Waals surface area contributed by atoms with Gasteiger partial charge in [-0.3, -0.25) is 9.48 Å². The maximum atomic E-state index is 12.0. The molecule has 0 saturated heterocycles. The van der Waals surface area contributed by atoms with Crippen LogP contribution in [0.25, 0.3) is 0 Å². The van der Waals surface area contributed by atoms with Crippen molar-refractivity contribution in [2.45, 2.75) is 40.0 Å². The fourth-order valence-electron chi connectivity index (χ4n) is 2.69. The molecule has 1 N–H and O–H groups in total. The molecule has 0 bridgehead atoms. The Morgan fingerprint density at radius 2 is 2.28 bits per heavy atom. The molecule has 0 aliphatic heterocycles. The van der Waals surface area contributed by atoms with E-state index in [9.17, 15) is 4.79 Å². The Labute approximate surface area is 108 Å². The van der Waals surface area contributed by atoms with Gasteiger partial charge in [0.15, 0.2) is 5.69 Å². The first-order chi connectivity index (χ1) is 8.42. The van der Waals surface area contributed by atoms with E-state index in [1.165, 1.54) is 19.3 Å². The number of rotatable bonds is 3. The number of nitrogens with one attached hydrogen (secondary N) is 1. The summed E-state index contributed by atoms with van der Waals surface area (Å²) in [6, 6.07) is 0. The average Bonchev–Trinajstić information content (AvgIpc) is 2.80. The van der Waals surface area contributed by atoms with Crippen molar-refractivity contribution in [3.05, 3.63) is 11.4 Å². The molecule has 1 aromatic rings. The van der Waals surface area contributed by atoms with Crippen LogP contribution in [-0.4, -0.2) is 27.4 Å². The summed E-state index contributed by atoms with van der Waals surface area (Å²) in [5, 5.41) is 10.7. The summed E-state index contributed by atoms with van der Waals surface area (Å²) in [6.45, 7) is 7.16. The third-order valence-electron chi connectivity index (χ3n) is 4.31. The van der Waals surface area contributed by atoms with Crippen molar-refractivity contribution in [1.82, 2.24) is 20.3 Å². The highest BCUT2D eigenvalue weighted by atomic mass is 16.2. The van der Waals surface area contributed by atoms with Gasteiger partial charge in [-0.05, 0) is 31.1 Å². The summed E-state index contributed by atoms with van der Waals surface area (Å²) in [4.78, 5) is 12.0. The summed E-state index contributed by atoms with van der Waals surface area (Å²) in [5.41, 5.74) is 1.58. The first kappa shape index (κ1) is 13.1. The molecule has 2 rings (SSSR count). The molecular formula is C13H22N4O. The number of carbonyl (C=O) groups excluding carboxylic acids is 1. The largest absolute Gasteiger partial charge is 0.350 e. The van der Waals surface area contributed by atoms with Gasteiger partial charge in [-0.25, -0.2) is 0 Å². The first-order valence-corrected chi connectivity index (χ1v) is 6.56. The van der Waals surface area contributed by atoms with Crippen molar-refractivity contribution in [1.29, 1.82) is 0 Å². The smallest absolute Gasteiger partial charge is 0.273 e. The summed E-state index contributed by atoms with van der Waals surface area (Å²) in [5.74, 6) is 0.460. The van der Waals surface area contributed by atoms with Gasteiger partial charge in [-0.2, -0.15) is 0 Å². The SMILES string of the molecule is Cc1c(C(=O)NCC2CCCC2(C)C)nnn1C. The lowest BCUT2D eigenvalue weighted by Gasteiger charge is -2.26. The van der Waals surface area contributed by atoms with Crippen LogP contribution in [0.3, 0.4) is 0 Å². The maximum absolute atomic E-state index is 12.0. The number of aromatic nitrogens is 3. The van der Waals surface area contributed by atoms with Gasteiger partial charge in [0, 0.05) is 13.6 Å². The van der Waals surface area contributed by atoms with E-state index in [1.807, 2.05) is 6.92 Å². The summed E-state index contributed by atoms with van der Waals surface area (Å²) < 4.78 is 1.62. The Bertz CT molecular complexity index is 450. The van der Waals surface area contributed by atoms with Gasteiger partial charge in [-0.15, -0.1) is 5.10 Å². The summed E-state index contributed by atoms with van der Waals surface area (Å²) >= 11 is 0. The van der Waals surface area contributed by atoms with Crippen LogP contribution in [-0.2, 0) is 7.05 Å². The maximum Gasteiger partial charge on any atom is 0.273 e. The molecule has 18 heavy (non-hydrogen) atoms. The Morgan fingerprint density at radius 1 is 1.56 bits per heavy atom. The van der Waals surface area contributed by atoms with Gasteiger partial charge in [0.1, 0.15) is 0 Å². The van der Waals surface area contributed by atoms with Crippen LogP contribution in [0.15, 0.2) is 0 Å². The van der Waals surface area contributed by atoms with Crippen LogP contribution in [0.2, 0.25) is 0 Å². The molecule has 1 aliphatic carbocycles. The Balaban J connectivity index is 1.95. The minimum atomic E-state index is -0.108. The molecule has 0 radical (unpaired) electrons. The van der Waals surface area contributed by atoms with Crippen LogP contribution in [0.4, 0.5) is 0 Å². The molecule has 1 aliphatic rings. The minimum absolute atomic E-state index is 0.108. The van der Waals surface area contributed by atoms with E-state index < -0.39 is 0 Å². The van der Waals surface area contributed by atoms with E-state index >= 15 is 0 Å². The van der Waals surface area contributed by atoms with E-state index in [4.69, 9.17) is 0 Å². The Morgan fingerprint density at radius 3 is 2.78 bits per heavy atom. The highest BCUT2D eigenvalue weighted by Crippen LogP contribution is 2.41. The zero-order valence-electron chi connectivity index (χ0n) is 11.7. The predicted molar refractivity (Wildman–Crippen MR) is 69.2 cm³/mol. The third-order valence-corrected chi connectivity index (χ3v) is 4.31. The first-order valence-electron chi connectivity index (χ1n) is 6.56. The second-order valence-electron chi connectivity index (χ2n) is 5.93. The monoisotopic (exact) mass is 250 g/mol. The van der Waals surface area contributed by atoms with Crippen LogP contribution < -0.4 is 5.32 Å². The van der Waals surface area contributed by atoms with Crippen LogP contribution in [0.1, 0.15) is 49.3 Å². The normalized spacial score (nSPS) is 22.1. The van der Waals surface area contributed by atoms with Gasteiger partial charge in [-0.1, -0.05) is 25.5 Å². The molecule has 1 atom stereocenters. The molecule has 1 amide bonds. The number of carbonyl (C=O) groups is 1. The van der Waals surface area contributed by atoms with Gasteiger partial charge >= 0.3 is 0 Å². The topological polar surface area (TPSA) is 59.8 Å². The van der Waals surface area contributed by atoms with Crippen molar-refractivity contribution in [3.63, 3.8) is 0 Å². The van der Waals surface area contributed by atoms with Crippen molar-refractivity contribution >= 4 is 5.91 Å². The molecule has 0 aromatic carbocycles. The van der Waals surface area contributed by atoms with Gasteiger partial charge in [0.25, 0.3) is 5.91 Å².